The molecular weight excluding hydrogens is 242 g/mol. The van der Waals surface area contributed by atoms with Gasteiger partial charge in [0, 0.05) is 7.11 Å². The van der Waals surface area contributed by atoms with Crippen molar-refractivity contribution >= 4 is 0 Å². The zero-order valence-electron chi connectivity index (χ0n) is 9.10. The molecule has 0 bridgehead atoms. The lowest BCUT2D eigenvalue weighted by Crippen LogP contribution is -2.61. The van der Waals surface area contributed by atoms with Crippen molar-refractivity contribution in [1.29, 1.82) is 0 Å². The highest BCUT2D eigenvalue weighted by atomic mass is 16.7. The summed E-state index contributed by atoms with van der Waals surface area (Å²) in [5.41, 5.74) is 0. The van der Waals surface area contributed by atoms with Gasteiger partial charge < -0.3 is 9.47 Å². The maximum Gasteiger partial charge on any atom is 0.725 e. The van der Waals surface area contributed by atoms with Crippen molar-refractivity contribution in [3.05, 3.63) is 30.3 Å². The number of hydrogen-bond donors (Lipinski definition) is 0. The van der Waals surface area contributed by atoms with Gasteiger partial charge in [0.1, 0.15) is 0 Å². The molecule has 0 heterocycles. The van der Waals surface area contributed by atoms with Gasteiger partial charge in [-0.05, 0) is 6.92 Å². The molecule has 0 aliphatic carbocycles. The Labute approximate surface area is 94.7 Å². The lowest BCUT2D eigenvalue weighted by molar-refractivity contribution is -0.977. The number of methoxy groups -OCH3 is 1. The van der Waals surface area contributed by atoms with Crippen molar-refractivity contribution in [1.82, 2.24) is 0 Å². The molecule has 0 aliphatic heterocycles. The number of hydrogen-bond acceptors (Lipinski definition) is 8. The molecular formula is C6H11N3O8. The molecule has 0 aromatic rings. The van der Waals surface area contributed by atoms with Crippen LogP contribution in [0.15, 0.2) is 0 Å². The molecule has 0 amide bonds. The van der Waals surface area contributed by atoms with Gasteiger partial charge in [0.2, 0.25) is 0 Å². The largest absolute Gasteiger partial charge is 0.725 e. The van der Waals surface area contributed by atoms with E-state index in [-0.39, 0.29) is 13.2 Å². The Morgan fingerprint density at radius 1 is 1.06 bits per heavy atom. The van der Waals surface area contributed by atoms with E-state index in [1.54, 1.807) is 0 Å². The van der Waals surface area contributed by atoms with Crippen LogP contribution in [0.4, 0.5) is 0 Å². The summed E-state index contributed by atoms with van der Waals surface area (Å²) in [7, 11) is 1.32. The average Bonchev–Trinajstić information content (AvgIpc) is 2.16. The van der Waals surface area contributed by atoms with E-state index in [1.807, 2.05) is 0 Å². The Balaban J connectivity index is 5.10. The summed E-state index contributed by atoms with van der Waals surface area (Å²) in [6, 6.07) is 0. The zero-order chi connectivity index (χ0) is 13.6. The van der Waals surface area contributed by atoms with Crippen LogP contribution in [-0.2, 0) is 9.47 Å². The Morgan fingerprint density at radius 2 is 1.47 bits per heavy atom. The van der Waals surface area contributed by atoms with Crippen molar-refractivity contribution in [2.24, 2.45) is 0 Å². The molecule has 17 heavy (non-hydrogen) atoms. The first-order valence-electron chi connectivity index (χ1n) is 4.35. The molecule has 11 heteroatoms. The number of nitro groups is 3. The van der Waals surface area contributed by atoms with E-state index in [4.69, 9.17) is 0 Å². The summed E-state index contributed by atoms with van der Waals surface area (Å²) in [6.45, 7) is 0.673. The minimum atomic E-state index is -3.60. The van der Waals surface area contributed by atoms with Gasteiger partial charge in [-0.3, -0.25) is 30.3 Å². The molecule has 0 rings (SSSR count). The maximum atomic E-state index is 10.6. The van der Waals surface area contributed by atoms with Gasteiger partial charge in [0.05, 0.1) is 13.2 Å². The van der Waals surface area contributed by atoms with Gasteiger partial charge in [0.25, 0.3) is 6.10 Å². The molecule has 1 unspecified atom stereocenters. The molecule has 0 aromatic heterocycles. The fourth-order valence-electron chi connectivity index (χ4n) is 1.07. The first-order chi connectivity index (χ1) is 7.81. The predicted octanol–water partition coefficient (Wildman–Crippen LogP) is -0.478. The fourth-order valence-corrected chi connectivity index (χ4v) is 1.07. The average molecular weight is 253 g/mol. The Hall–Kier alpha value is -1.88. The van der Waals surface area contributed by atoms with Crippen LogP contribution in [0.3, 0.4) is 0 Å². The normalized spacial score (nSPS) is 13.1. The SMILES string of the molecule is COCCOC(C)C([N+](=O)[O-])([N+](=O)[O-])[N+](=O)[O-]. The van der Waals surface area contributed by atoms with E-state index in [2.05, 4.69) is 9.47 Å². The summed E-state index contributed by atoms with van der Waals surface area (Å²) in [4.78, 5) is 27.0. The van der Waals surface area contributed by atoms with E-state index in [1.165, 1.54) is 7.11 Å². The first kappa shape index (κ1) is 15.1. The highest BCUT2D eigenvalue weighted by Crippen LogP contribution is 2.20. The monoisotopic (exact) mass is 253 g/mol. The highest BCUT2D eigenvalue weighted by Gasteiger charge is 2.75. The van der Waals surface area contributed by atoms with Gasteiger partial charge in [0.15, 0.2) is 14.8 Å². The third-order valence-corrected chi connectivity index (χ3v) is 2.01. The molecule has 0 aromatic carbocycles. The topological polar surface area (TPSA) is 148 Å². The lowest BCUT2D eigenvalue weighted by Gasteiger charge is -2.15. The number of ether oxygens (including phenoxy) is 2. The minimum Gasteiger partial charge on any atom is -0.382 e. The molecule has 11 nitrogen and oxygen atoms in total. The smallest absolute Gasteiger partial charge is 0.382 e. The quantitative estimate of drug-likeness (QED) is 0.243. The molecule has 98 valence electrons. The number of rotatable bonds is 8. The van der Waals surface area contributed by atoms with E-state index >= 15 is 0 Å². The first-order valence-corrected chi connectivity index (χ1v) is 4.35. The van der Waals surface area contributed by atoms with Crippen molar-refractivity contribution < 1.29 is 24.2 Å². The molecule has 0 N–H and O–H groups in total. The van der Waals surface area contributed by atoms with Crippen molar-refractivity contribution in [2.45, 2.75) is 18.8 Å². The van der Waals surface area contributed by atoms with Gasteiger partial charge in [-0.1, -0.05) is 0 Å². The van der Waals surface area contributed by atoms with Crippen LogP contribution < -0.4 is 0 Å². The van der Waals surface area contributed by atoms with Crippen LogP contribution in [0.1, 0.15) is 6.92 Å². The fraction of sp³-hybridized carbons (Fsp3) is 1.00. The van der Waals surface area contributed by atoms with E-state index < -0.39 is 26.7 Å². The number of nitrogens with zero attached hydrogens (tertiary/aromatic N) is 3. The third kappa shape index (κ3) is 2.82. The summed E-state index contributed by atoms with van der Waals surface area (Å²) in [5.74, 6) is -3.60. The molecule has 0 aliphatic rings. The summed E-state index contributed by atoms with van der Waals surface area (Å²) >= 11 is 0. The second-order valence-electron chi connectivity index (χ2n) is 2.96. The predicted molar refractivity (Wildman–Crippen MR) is 51.0 cm³/mol. The van der Waals surface area contributed by atoms with Crippen LogP contribution in [0.25, 0.3) is 0 Å². The van der Waals surface area contributed by atoms with Crippen molar-refractivity contribution in [2.75, 3.05) is 20.3 Å². The minimum absolute atomic E-state index is 0.00750. The molecule has 1 atom stereocenters. The van der Waals surface area contributed by atoms with E-state index in [9.17, 15) is 30.3 Å². The van der Waals surface area contributed by atoms with Gasteiger partial charge in [-0.15, -0.1) is 0 Å². The molecule has 0 fully saturated rings. The van der Waals surface area contributed by atoms with Crippen LogP contribution in [0.2, 0.25) is 0 Å². The third-order valence-electron chi connectivity index (χ3n) is 2.01. The van der Waals surface area contributed by atoms with Gasteiger partial charge in [-0.25, -0.2) is 0 Å². The highest BCUT2D eigenvalue weighted by molar-refractivity contribution is 4.63. The van der Waals surface area contributed by atoms with Gasteiger partial charge in [-0.2, -0.15) is 0 Å². The van der Waals surface area contributed by atoms with Crippen LogP contribution in [0.5, 0.6) is 0 Å². The second-order valence-corrected chi connectivity index (χ2v) is 2.96. The summed E-state index contributed by atoms with van der Waals surface area (Å²) < 4.78 is 9.23. The van der Waals surface area contributed by atoms with E-state index in [0.717, 1.165) is 6.92 Å². The molecule has 0 saturated carbocycles. The Kier molecular flexibility index (Phi) is 5.34. The Bertz CT molecular complexity index is 282. The van der Waals surface area contributed by atoms with Crippen molar-refractivity contribution in [3.63, 3.8) is 0 Å². The maximum absolute atomic E-state index is 10.6. The van der Waals surface area contributed by atoms with Gasteiger partial charge >= 0.3 is 5.79 Å². The van der Waals surface area contributed by atoms with Crippen LogP contribution in [0, 0.1) is 30.3 Å². The standard InChI is InChI=1S/C6H11N3O8/c1-5(17-4-3-16-2)6(7(10)11,8(12)13)9(14)15/h5H,3-4H2,1-2H3. The molecule has 0 spiro atoms. The summed E-state index contributed by atoms with van der Waals surface area (Å²) in [6.07, 6.45) is -1.84. The van der Waals surface area contributed by atoms with Crippen molar-refractivity contribution in [3.8, 4) is 0 Å². The second kappa shape index (κ2) is 6.00. The lowest BCUT2D eigenvalue weighted by atomic mass is 10.2. The molecule has 0 radical (unpaired) electrons. The Morgan fingerprint density at radius 3 is 1.76 bits per heavy atom. The van der Waals surface area contributed by atoms with Crippen LogP contribution in [-0.4, -0.2) is 47.0 Å². The summed E-state index contributed by atoms with van der Waals surface area (Å²) in [5, 5.41) is 31.8. The van der Waals surface area contributed by atoms with Crippen LogP contribution >= 0.6 is 0 Å². The van der Waals surface area contributed by atoms with E-state index in [0.29, 0.717) is 0 Å². The zero-order valence-corrected chi connectivity index (χ0v) is 9.10. The molecule has 0 saturated heterocycles.